The van der Waals surface area contributed by atoms with Crippen molar-refractivity contribution in [2.45, 2.75) is 51.5 Å². The summed E-state index contributed by atoms with van der Waals surface area (Å²) in [6.45, 7) is 1.92. The molecule has 1 unspecified atom stereocenters. The van der Waals surface area contributed by atoms with E-state index in [-0.39, 0.29) is 12.5 Å². The molecule has 0 saturated carbocycles. The summed E-state index contributed by atoms with van der Waals surface area (Å²) in [5.74, 6) is -0.318. The van der Waals surface area contributed by atoms with Crippen molar-refractivity contribution < 1.29 is 9.90 Å². The molecule has 106 valence electrons. The van der Waals surface area contributed by atoms with Crippen LogP contribution in [0.5, 0.6) is 0 Å². The van der Waals surface area contributed by atoms with Crippen LogP contribution in [0.4, 0.5) is 5.82 Å². The smallest absolute Gasteiger partial charge is 0.305 e. The zero-order valence-electron chi connectivity index (χ0n) is 11.6. The van der Waals surface area contributed by atoms with Gasteiger partial charge >= 0.3 is 5.97 Å². The summed E-state index contributed by atoms with van der Waals surface area (Å²) in [7, 11) is 0. The number of carboxylic acid groups (broad SMARTS) is 1. The second kappa shape index (κ2) is 6.38. The summed E-state index contributed by atoms with van der Waals surface area (Å²) in [6.07, 6.45) is 4.88. The second-order valence-corrected chi connectivity index (χ2v) is 5.16. The fourth-order valence-corrected chi connectivity index (χ4v) is 2.53. The van der Waals surface area contributed by atoms with Crippen molar-refractivity contribution in [2.24, 2.45) is 0 Å². The number of aliphatic carboxylic acids is 1. The molecule has 0 aromatic carbocycles. The van der Waals surface area contributed by atoms with Crippen LogP contribution in [0.2, 0.25) is 0 Å². The quantitative estimate of drug-likeness (QED) is 0.860. The van der Waals surface area contributed by atoms with Crippen LogP contribution in [-0.4, -0.2) is 22.1 Å². The van der Waals surface area contributed by atoms with Gasteiger partial charge in [-0.25, -0.2) is 4.98 Å². The first-order valence-corrected chi connectivity index (χ1v) is 7.05. The minimum atomic E-state index is -0.846. The van der Waals surface area contributed by atoms with Gasteiger partial charge in [0.15, 0.2) is 0 Å². The van der Waals surface area contributed by atoms with Crippen LogP contribution in [0.25, 0.3) is 0 Å². The van der Waals surface area contributed by atoms with Crippen LogP contribution >= 0.6 is 0 Å². The monoisotopic (exact) mass is 273 g/mol. The SMILES string of the molecule is CCC(CC(=O)O)Nc1nc2c(cc1C#N)CCCC2. The van der Waals surface area contributed by atoms with Crippen LogP contribution in [0.3, 0.4) is 0 Å². The van der Waals surface area contributed by atoms with Gasteiger partial charge in [0.2, 0.25) is 0 Å². The number of nitriles is 1. The average Bonchev–Trinajstić information content (AvgIpc) is 2.45. The molecule has 0 fully saturated rings. The lowest BCUT2D eigenvalue weighted by Crippen LogP contribution is -2.24. The Balaban J connectivity index is 2.26. The highest BCUT2D eigenvalue weighted by Crippen LogP contribution is 2.25. The molecule has 2 rings (SSSR count). The molecule has 5 nitrogen and oxygen atoms in total. The van der Waals surface area contributed by atoms with Crippen LogP contribution in [0.1, 0.15) is 49.4 Å². The summed E-state index contributed by atoms with van der Waals surface area (Å²) >= 11 is 0. The lowest BCUT2D eigenvalue weighted by molar-refractivity contribution is -0.137. The maximum absolute atomic E-state index is 10.8. The van der Waals surface area contributed by atoms with Crippen LogP contribution in [0.15, 0.2) is 6.07 Å². The number of aromatic nitrogens is 1. The highest BCUT2D eigenvalue weighted by atomic mass is 16.4. The van der Waals surface area contributed by atoms with Gasteiger partial charge in [0.1, 0.15) is 11.9 Å². The van der Waals surface area contributed by atoms with Gasteiger partial charge in [-0.2, -0.15) is 5.26 Å². The Morgan fingerprint density at radius 1 is 1.55 bits per heavy atom. The molecular weight excluding hydrogens is 254 g/mol. The summed E-state index contributed by atoms with van der Waals surface area (Å²) in [5, 5.41) is 21.2. The third-order valence-corrected chi connectivity index (χ3v) is 3.68. The molecule has 1 aromatic heterocycles. The van der Waals surface area contributed by atoms with Crippen LogP contribution < -0.4 is 5.32 Å². The fraction of sp³-hybridized carbons (Fsp3) is 0.533. The van der Waals surface area contributed by atoms with Crippen LogP contribution in [-0.2, 0) is 17.6 Å². The molecule has 1 atom stereocenters. The van der Waals surface area contributed by atoms with E-state index in [9.17, 15) is 10.1 Å². The van der Waals surface area contributed by atoms with E-state index in [4.69, 9.17) is 5.11 Å². The van der Waals surface area contributed by atoms with Gasteiger partial charge in [-0.05, 0) is 43.7 Å². The van der Waals surface area contributed by atoms with Gasteiger partial charge in [0.05, 0.1) is 12.0 Å². The van der Waals surface area contributed by atoms with Crippen molar-refractivity contribution in [1.82, 2.24) is 4.98 Å². The predicted octanol–water partition coefficient (Wildman–Crippen LogP) is 2.50. The lowest BCUT2D eigenvalue weighted by atomic mass is 9.95. The zero-order valence-corrected chi connectivity index (χ0v) is 11.6. The van der Waals surface area contributed by atoms with E-state index in [1.807, 2.05) is 13.0 Å². The molecule has 0 aliphatic heterocycles. The van der Waals surface area contributed by atoms with Crippen molar-refractivity contribution in [3.63, 3.8) is 0 Å². The molecule has 1 aliphatic carbocycles. The number of carbonyl (C=O) groups is 1. The largest absolute Gasteiger partial charge is 0.481 e. The highest BCUT2D eigenvalue weighted by molar-refractivity contribution is 5.68. The number of aryl methyl sites for hydroxylation is 2. The highest BCUT2D eigenvalue weighted by Gasteiger charge is 2.18. The van der Waals surface area contributed by atoms with Crippen molar-refractivity contribution >= 4 is 11.8 Å². The van der Waals surface area contributed by atoms with Gasteiger partial charge in [-0.3, -0.25) is 4.79 Å². The van der Waals surface area contributed by atoms with E-state index in [2.05, 4.69) is 16.4 Å². The Morgan fingerprint density at radius 3 is 2.95 bits per heavy atom. The van der Waals surface area contributed by atoms with Gasteiger partial charge in [0, 0.05) is 11.7 Å². The van der Waals surface area contributed by atoms with Crippen molar-refractivity contribution in [1.29, 1.82) is 5.26 Å². The zero-order chi connectivity index (χ0) is 14.5. The van der Waals surface area contributed by atoms with Crippen LogP contribution in [0, 0.1) is 11.3 Å². The molecule has 1 heterocycles. The van der Waals surface area contributed by atoms with E-state index < -0.39 is 5.97 Å². The Labute approximate surface area is 118 Å². The molecule has 0 radical (unpaired) electrons. The minimum absolute atomic E-state index is 0.0279. The van der Waals surface area contributed by atoms with E-state index >= 15 is 0 Å². The first-order valence-electron chi connectivity index (χ1n) is 7.05. The van der Waals surface area contributed by atoms with Gasteiger partial charge in [-0.15, -0.1) is 0 Å². The number of carboxylic acids is 1. The van der Waals surface area contributed by atoms with Gasteiger partial charge in [-0.1, -0.05) is 6.92 Å². The molecule has 2 N–H and O–H groups in total. The first kappa shape index (κ1) is 14.3. The Kier molecular flexibility index (Phi) is 4.57. The number of anilines is 1. The van der Waals surface area contributed by atoms with Gasteiger partial charge in [0.25, 0.3) is 0 Å². The van der Waals surface area contributed by atoms with Crippen molar-refractivity contribution in [2.75, 3.05) is 5.32 Å². The Hall–Kier alpha value is -2.09. The standard InChI is InChI=1S/C15H19N3O2/c1-2-12(8-14(19)20)17-15-11(9-16)7-10-5-3-4-6-13(10)18-15/h7,12H,2-6,8H2,1H3,(H,17,18)(H,19,20). The summed E-state index contributed by atoms with van der Waals surface area (Å²) < 4.78 is 0. The number of hydrogen-bond acceptors (Lipinski definition) is 4. The summed E-state index contributed by atoms with van der Waals surface area (Å²) in [4.78, 5) is 15.4. The Morgan fingerprint density at radius 2 is 2.30 bits per heavy atom. The number of nitrogens with one attached hydrogen (secondary N) is 1. The van der Waals surface area contributed by atoms with Gasteiger partial charge < -0.3 is 10.4 Å². The molecule has 0 saturated heterocycles. The number of fused-ring (bicyclic) bond motifs is 1. The third-order valence-electron chi connectivity index (χ3n) is 3.68. The number of rotatable bonds is 5. The molecule has 0 bridgehead atoms. The van der Waals surface area contributed by atoms with E-state index in [1.54, 1.807) is 0 Å². The number of hydrogen-bond donors (Lipinski definition) is 2. The third kappa shape index (κ3) is 3.27. The second-order valence-electron chi connectivity index (χ2n) is 5.16. The maximum atomic E-state index is 10.8. The normalized spacial score (nSPS) is 15.0. The number of nitrogens with zero attached hydrogens (tertiary/aromatic N) is 2. The van der Waals surface area contributed by atoms with E-state index in [1.165, 1.54) is 0 Å². The first-order chi connectivity index (χ1) is 9.63. The van der Waals surface area contributed by atoms with Crippen molar-refractivity contribution in [3.05, 3.63) is 22.9 Å². The molecule has 1 aliphatic rings. The van der Waals surface area contributed by atoms with Crippen molar-refractivity contribution in [3.8, 4) is 6.07 Å². The summed E-state index contributed by atoms with van der Waals surface area (Å²) in [6, 6.07) is 3.86. The predicted molar refractivity (Wildman–Crippen MR) is 75.5 cm³/mol. The topological polar surface area (TPSA) is 86.0 Å². The molecule has 20 heavy (non-hydrogen) atoms. The fourth-order valence-electron chi connectivity index (χ4n) is 2.53. The molecular formula is C15H19N3O2. The maximum Gasteiger partial charge on any atom is 0.305 e. The molecule has 1 aromatic rings. The Bertz CT molecular complexity index is 549. The molecule has 0 amide bonds. The minimum Gasteiger partial charge on any atom is -0.481 e. The summed E-state index contributed by atoms with van der Waals surface area (Å²) in [5.41, 5.74) is 2.71. The molecule has 5 heteroatoms. The van der Waals surface area contributed by atoms with E-state index in [0.717, 1.165) is 36.9 Å². The lowest BCUT2D eigenvalue weighted by Gasteiger charge is -2.20. The number of pyridine rings is 1. The molecule has 0 spiro atoms. The average molecular weight is 273 g/mol. The van der Waals surface area contributed by atoms with E-state index in [0.29, 0.717) is 17.8 Å².